The molecule has 2 amide bonds. The lowest BCUT2D eigenvalue weighted by Crippen LogP contribution is -2.22. The van der Waals surface area contributed by atoms with Gasteiger partial charge in [0, 0.05) is 9.90 Å². The summed E-state index contributed by atoms with van der Waals surface area (Å²) >= 11 is 10.5. The Balaban J connectivity index is 2.09. The Morgan fingerprint density at radius 3 is 2.71 bits per heavy atom. The molecule has 0 saturated heterocycles. The maximum atomic E-state index is 12.1. The standard InChI is InChI=1S/C16H16BrClN2O3S/c1-3-10-8(2)24-16(14(10)15(19)22)20-13(21)7-23-12-5-4-9(18)6-11(12)17/h4-6H,3,7H2,1-2H3,(H2,19,22)(H,20,21). The largest absolute Gasteiger partial charge is 0.483 e. The molecule has 0 aliphatic heterocycles. The van der Waals surface area contributed by atoms with E-state index in [1.54, 1.807) is 18.2 Å². The van der Waals surface area contributed by atoms with Crippen LogP contribution in [-0.4, -0.2) is 18.4 Å². The van der Waals surface area contributed by atoms with Gasteiger partial charge in [0.2, 0.25) is 0 Å². The second-order valence-corrected chi connectivity index (χ2v) is 7.49. The van der Waals surface area contributed by atoms with E-state index >= 15 is 0 Å². The first-order valence-electron chi connectivity index (χ1n) is 7.13. The molecule has 0 bridgehead atoms. The highest BCUT2D eigenvalue weighted by Gasteiger charge is 2.20. The van der Waals surface area contributed by atoms with Crippen molar-refractivity contribution in [1.29, 1.82) is 0 Å². The van der Waals surface area contributed by atoms with Crippen LogP contribution in [0.25, 0.3) is 0 Å². The first-order valence-corrected chi connectivity index (χ1v) is 9.12. The second kappa shape index (κ2) is 8.00. The molecule has 1 aromatic heterocycles. The van der Waals surface area contributed by atoms with Crippen LogP contribution in [0.15, 0.2) is 22.7 Å². The first kappa shape index (κ1) is 18.8. The molecule has 5 nitrogen and oxygen atoms in total. The van der Waals surface area contributed by atoms with Crippen molar-refractivity contribution in [2.75, 3.05) is 11.9 Å². The lowest BCUT2D eigenvalue weighted by molar-refractivity contribution is -0.118. The van der Waals surface area contributed by atoms with Crippen LogP contribution in [0.2, 0.25) is 5.02 Å². The molecule has 0 aliphatic carbocycles. The lowest BCUT2D eigenvalue weighted by atomic mass is 10.1. The molecular weight excluding hydrogens is 416 g/mol. The molecule has 1 heterocycles. The minimum absolute atomic E-state index is 0.198. The number of hydrogen-bond acceptors (Lipinski definition) is 4. The van der Waals surface area contributed by atoms with Gasteiger partial charge in [0.1, 0.15) is 10.8 Å². The number of carbonyl (C=O) groups is 2. The first-order chi connectivity index (χ1) is 11.3. The Kier molecular flexibility index (Phi) is 6.26. The highest BCUT2D eigenvalue weighted by Crippen LogP contribution is 2.33. The van der Waals surface area contributed by atoms with Gasteiger partial charge in [-0.25, -0.2) is 0 Å². The Labute approximate surface area is 157 Å². The SMILES string of the molecule is CCc1c(C)sc(NC(=O)COc2ccc(Cl)cc2Br)c1C(N)=O. The summed E-state index contributed by atoms with van der Waals surface area (Å²) in [6.45, 7) is 3.64. The van der Waals surface area contributed by atoms with E-state index in [2.05, 4.69) is 21.2 Å². The van der Waals surface area contributed by atoms with E-state index in [1.165, 1.54) is 11.3 Å². The van der Waals surface area contributed by atoms with Crippen molar-refractivity contribution >= 4 is 55.7 Å². The molecule has 0 aliphatic rings. The maximum absolute atomic E-state index is 12.1. The van der Waals surface area contributed by atoms with E-state index in [9.17, 15) is 9.59 Å². The summed E-state index contributed by atoms with van der Waals surface area (Å²) in [5.74, 6) is -0.419. The molecule has 3 N–H and O–H groups in total. The molecule has 128 valence electrons. The fourth-order valence-electron chi connectivity index (χ4n) is 2.25. The predicted octanol–water partition coefficient (Wildman–Crippen LogP) is 4.15. The number of nitrogens with one attached hydrogen (secondary N) is 1. The normalized spacial score (nSPS) is 10.5. The summed E-state index contributed by atoms with van der Waals surface area (Å²) in [5, 5.41) is 3.72. The van der Waals surface area contributed by atoms with Crippen molar-refractivity contribution in [3.8, 4) is 5.75 Å². The monoisotopic (exact) mass is 430 g/mol. The maximum Gasteiger partial charge on any atom is 0.262 e. The zero-order valence-corrected chi connectivity index (χ0v) is 16.3. The van der Waals surface area contributed by atoms with Crippen molar-refractivity contribution in [3.05, 3.63) is 43.7 Å². The minimum Gasteiger partial charge on any atom is -0.483 e. The van der Waals surface area contributed by atoms with Crippen LogP contribution in [-0.2, 0) is 11.2 Å². The molecule has 0 saturated carbocycles. The molecule has 0 spiro atoms. The van der Waals surface area contributed by atoms with Crippen molar-refractivity contribution < 1.29 is 14.3 Å². The number of hydrogen-bond donors (Lipinski definition) is 2. The van der Waals surface area contributed by atoms with E-state index in [-0.39, 0.29) is 12.5 Å². The van der Waals surface area contributed by atoms with Gasteiger partial charge in [0.05, 0.1) is 10.0 Å². The van der Waals surface area contributed by atoms with Gasteiger partial charge in [-0.3, -0.25) is 9.59 Å². The van der Waals surface area contributed by atoms with Crippen molar-refractivity contribution in [3.63, 3.8) is 0 Å². The molecule has 0 fully saturated rings. The molecule has 2 rings (SSSR count). The van der Waals surface area contributed by atoms with E-state index < -0.39 is 5.91 Å². The van der Waals surface area contributed by atoms with Gasteiger partial charge in [-0.2, -0.15) is 0 Å². The zero-order chi connectivity index (χ0) is 17.9. The molecule has 0 unspecified atom stereocenters. The molecule has 1 aromatic carbocycles. The Bertz CT molecular complexity index is 792. The van der Waals surface area contributed by atoms with Gasteiger partial charge < -0.3 is 15.8 Å². The highest BCUT2D eigenvalue weighted by atomic mass is 79.9. The number of halogens is 2. The molecule has 24 heavy (non-hydrogen) atoms. The quantitative estimate of drug-likeness (QED) is 0.721. The average Bonchev–Trinajstić information content (AvgIpc) is 2.81. The number of rotatable bonds is 6. The van der Waals surface area contributed by atoms with E-state index in [0.29, 0.717) is 32.2 Å². The van der Waals surface area contributed by atoms with Crippen molar-refractivity contribution in [2.45, 2.75) is 20.3 Å². The third kappa shape index (κ3) is 4.28. The van der Waals surface area contributed by atoms with Crippen LogP contribution in [0.4, 0.5) is 5.00 Å². The van der Waals surface area contributed by atoms with Crippen LogP contribution in [0.3, 0.4) is 0 Å². The van der Waals surface area contributed by atoms with Crippen LogP contribution >= 0.6 is 38.9 Å². The van der Waals surface area contributed by atoms with E-state index in [0.717, 1.165) is 10.4 Å². The van der Waals surface area contributed by atoms with Crippen molar-refractivity contribution in [1.82, 2.24) is 0 Å². The fraction of sp³-hybridized carbons (Fsp3) is 0.250. The molecular formula is C16H16BrClN2O3S. The number of amides is 2. The van der Waals surface area contributed by atoms with Crippen molar-refractivity contribution in [2.24, 2.45) is 5.73 Å². The highest BCUT2D eigenvalue weighted by molar-refractivity contribution is 9.10. The topological polar surface area (TPSA) is 81.4 Å². The molecule has 2 aromatic rings. The van der Waals surface area contributed by atoms with Crippen LogP contribution in [0.1, 0.15) is 27.7 Å². The number of carbonyl (C=O) groups excluding carboxylic acids is 2. The number of primary amides is 1. The summed E-state index contributed by atoms with van der Waals surface area (Å²) in [6.07, 6.45) is 0.671. The number of anilines is 1. The average molecular weight is 432 g/mol. The minimum atomic E-state index is -0.548. The Hall–Kier alpha value is -1.57. The van der Waals surface area contributed by atoms with Crippen LogP contribution in [0.5, 0.6) is 5.75 Å². The molecule has 8 heteroatoms. The second-order valence-electron chi connectivity index (χ2n) is 4.97. The smallest absolute Gasteiger partial charge is 0.262 e. The number of thiophene rings is 1. The van der Waals surface area contributed by atoms with Crippen LogP contribution < -0.4 is 15.8 Å². The van der Waals surface area contributed by atoms with E-state index in [4.69, 9.17) is 22.1 Å². The zero-order valence-electron chi connectivity index (χ0n) is 13.1. The summed E-state index contributed by atoms with van der Waals surface area (Å²) in [4.78, 5) is 24.8. The van der Waals surface area contributed by atoms with Gasteiger partial charge >= 0.3 is 0 Å². The number of benzene rings is 1. The summed E-state index contributed by atoms with van der Waals surface area (Å²) in [6, 6.07) is 5.01. The molecule has 0 atom stereocenters. The third-order valence-electron chi connectivity index (χ3n) is 3.31. The van der Waals surface area contributed by atoms with Gasteiger partial charge in [-0.1, -0.05) is 18.5 Å². The van der Waals surface area contributed by atoms with Gasteiger partial charge in [-0.05, 0) is 53.0 Å². The lowest BCUT2D eigenvalue weighted by Gasteiger charge is -2.09. The fourth-order valence-corrected chi connectivity index (χ4v) is 4.22. The molecule has 0 radical (unpaired) electrons. The predicted molar refractivity (Wildman–Crippen MR) is 100 cm³/mol. The van der Waals surface area contributed by atoms with Gasteiger partial charge in [0.15, 0.2) is 6.61 Å². The number of aryl methyl sites for hydroxylation is 1. The van der Waals surface area contributed by atoms with Crippen LogP contribution in [0, 0.1) is 6.92 Å². The third-order valence-corrected chi connectivity index (χ3v) is 5.23. The number of nitrogens with two attached hydrogens (primary N) is 1. The summed E-state index contributed by atoms with van der Waals surface area (Å²) in [5.41, 5.74) is 6.69. The number of ether oxygens (including phenoxy) is 1. The Morgan fingerprint density at radius 1 is 1.42 bits per heavy atom. The van der Waals surface area contributed by atoms with E-state index in [1.807, 2.05) is 13.8 Å². The Morgan fingerprint density at radius 2 is 2.12 bits per heavy atom. The summed E-state index contributed by atoms with van der Waals surface area (Å²) < 4.78 is 6.11. The van der Waals surface area contributed by atoms with Gasteiger partial charge in [-0.15, -0.1) is 11.3 Å². The van der Waals surface area contributed by atoms with Gasteiger partial charge in [0.25, 0.3) is 11.8 Å². The summed E-state index contributed by atoms with van der Waals surface area (Å²) in [7, 11) is 0.